The fraction of sp³-hybridized carbons (Fsp3) is 0.300. The average Bonchev–Trinajstić information content (AvgIpc) is 3.26. The molecular formula is C20H19ClN4O4. The van der Waals surface area contributed by atoms with Gasteiger partial charge < -0.3 is 9.47 Å². The second-order valence-electron chi connectivity index (χ2n) is 6.87. The molecule has 3 heterocycles. The van der Waals surface area contributed by atoms with Crippen LogP contribution in [0.5, 0.6) is 5.75 Å². The van der Waals surface area contributed by atoms with Crippen molar-refractivity contribution in [2.75, 3.05) is 0 Å². The standard InChI is InChI=1S/C20H19ClN4O4/c1-12-7-14(3-4-16(12)21)15-8-22-24(9-15)10-17-20-13(2)23-25(17)11-28-18(26)5-6-19(27)29-20/h3-4,7-9H,5-6,10-11H2,1-2H3. The average molecular weight is 415 g/mol. The lowest BCUT2D eigenvalue weighted by atomic mass is 10.1. The van der Waals surface area contributed by atoms with E-state index in [2.05, 4.69) is 10.2 Å². The molecule has 2 bridgehead atoms. The molecular weight excluding hydrogens is 396 g/mol. The lowest BCUT2D eigenvalue weighted by Gasteiger charge is -2.12. The minimum Gasteiger partial charge on any atom is -0.442 e. The fourth-order valence-corrected chi connectivity index (χ4v) is 3.27. The summed E-state index contributed by atoms with van der Waals surface area (Å²) in [5, 5.41) is 9.48. The van der Waals surface area contributed by atoms with Crippen molar-refractivity contribution in [1.82, 2.24) is 19.6 Å². The van der Waals surface area contributed by atoms with Gasteiger partial charge in [-0.25, -0.2) is 4.68 Å². The van der Waals surface area contributed by atoms with Crippen LogP contribution in [0.3, 0.4) is 0 Å². The molecule has 0 amide bonds. The first-order valence-corrected chi connectivity index (χ1v) is 9.50. The summed E-state index contributed by atoms with van der Waals surface area (Å²) < 4.78 is 13.9. The Morgan fingerprint density at radius 3 is 2.72 bits per heavy atom. The number of ether oxygens (including phenoxy) is 2. The number of fused-ring (bicyclic) bond motifs is 2. The highest BCUT2D eigenvalue weighted by molar-refractivity contribution is 6.31. The summed E-state index contributed by atoms with van der Waals surface area (Å²) in [5.74, 6) is -0.582. The second kappa shape index (κ2) is 7.71. The number of hydrogen-bond donors (Lipinski definition) is 0. The van der Waals surface area contributed by atoms with Crippen molar-refractivity contribution in [3.05, 3.63) is 52.6 Å². The van der Waals surface area contributed by atoms with Gasteiger partial charge in [0, 0.05) is 16.8 Å². The molecule has 0 saturated heterocycles. The molecule has 0 radical (unpaired) electrons. The van der Waals surface area contributed by atoms with E-state index in [0.29, 0.717) is 28.7 Å². The lowest BCUT2D eigenvalue weighted by Crippen LogP contribution is -2.19. The number of esters is 2. The Kier molecular flexibility index (Phi) is 5.10. The number of carbonyl (C=O) groups excluding carboxylic acids is 2. The maximum atomic E-state index is 12.1. The molecule has 1 aromatic carbocycles. The van der Waals surface area contributed by atoms with Crippen LogP contribution in [-0.4, -0.2) is 31.5 Å². The molecule has 0 atom stereocenters. The summed E-state index contributed by atoms with van der Waals surface area (Å²) in [5.41, 5.74) is 4.06. The van der Waals surface area contributed by atoms with Gasteiger partial charge in [-0.05, 0) is 37.1 Å². The highest BCUT2D eigenvalue weighted by Gasteiger charge is 2.23. The topological polar surface area (TPSA) is 88.2 Å². The molecule has 150 valence electrons. The molecule has 8 nitrogen and oxygen atoms in total. The van der Waals surface area contributed by atoms with Gasteiger partial charge >= 0.3 is 11.9 Å². The third kappa shape index (κ3) is 4.02. The number of halogens is 1. The van der Waals surface area contributed by atoms with Crippen LogP contribution >= 0.6 is 11.6 Å². The SMILES string of the molecule is Cc1cc(-c2cnn(Cc3c4c(C)nn3COC(=O)CCC(=O)O4)c2)ccc1Cl. The predicted octanol–water partition coefficient (Wildman–Crippen LogP) is 3.27. The van der Waals surface area contributed by atoms with E-state index >= 15 is 0 Å². The summed E-state index contributed by atoms with van der Waals surface area (Å²) in [4.78, 5) is 23.8. The molecule has 29 heavy (non-hydrogen) atoms. The number of hydrogen-bond acceptors (Lipinski definition) is 6. The van der Waals surface area contributed by atoms with Crippen LogP contribution in [0.4, 0.5) is 0 Å². The smallest absolute Gasteiger partial charge is 0.311 e. The first-order chi connectivity index (χ1) is 13.9. The molecule has 0 saturated carbocycles. The van der Waals surface area contributed by atoms with Gasteiger partial charge in [0.15, 0.2) is 12.5 Å². The Bertz CT molecular complexity index is 1100. The summed E-state index contributed by atoms with van der Waals surface area (Å²) in [6.45, 7) is 3.95. The van der Waals surface area contributed by atoms with E-state index in [1.807, 2.05) is 31.3 Å². The first-order valence-electron chi connectivity index (χ1n) is 9.12. The summed E-state index contributed by atoms with van der Waals surface area (Å²) in [7, 11) is 0. The van der Waals surface area contributed by atoms with E-state index in [-0.39, 0.29) is 19.6 Å². The van der Waals surface area contributed by atoms with E-state index < -0.39 is 11.9 Å². The van der Waals surface area contributed by atoms with E-state index in [1.165, 1.54) is 4.68 Å². The van der Waals surface area contributed by atoms with E-state index in [1.54, 1.807) is 17.8 Å². The third-order valence-electron chi connectivity index (χ3n) is 4.71. The highest BCUT2D eigenvalue weighted by atomic mass is 35.5. The monoisotopic (exact) mass is 414 g/mol. The zero-order valence-corrected chi connectivity index (χ0v) is 16.8. The number of carbonyl (C=O) groups is 2. The molecule has 0 aliphatic carbocycles. The zero-order chi connectivity index (χ0) is 20.5. The van der Waals surface area contributed by atoms with Gasteiger partial charge in [-0.1, -0.05) is 17.7 Å². The van der Waals surface area contributed by atoms with Gasteiger partial charge in [-0.3, -0.25) is 14.3 Å². The second-order valence-corrected chi connectivity index (χ2v) is 7.28. The Labute approximate surface area is 172 Å². The maximum Gasteiger partial charge on any atom is 0.311 e. The Morgan fingerprint density at radius 2 is 1.93 bits per heavy atom. The van der Waals surface area contributed by atoms with E-state index in [0.717, 1.165) is 16.7 Å². The van der Waals surface area contributed by atoms with E-state index in [4.69, 9.17) is 21.1 Å². The third-order valence-corrected chi connectivity index (χ3v) is 5.13. The largest absolute Gasteiger partial charge is 0.442 e. The van der Waals surface area contributed by atoms with Crippen LogP contribution in [0, 0.1) is 13.8 Å². The van der Waals surface area contributed by atoms with Crippen molar-refractivity contribution in [3.63, 3.8) is 0 Å². The lowest BCUT2D eigenvalue weighted by molar-refractivity contribution is -0.150. The molecule has 1 aliphatic heterocycles. The van der Waals surface area contributed by atoms with Gasteiger partial charge in [-0.15, -0.1) is 0 Å². The maximum absolute atomic E-state index is 12.1. The van der Waals surface area contributed by atoms with Crippen LogP contribution in [0.25, 0.3) is 11.1 Å². The Hall–Kier alpha value is -3.13. The fourth-order valence-electron chi connectivity index (χ4n) is 3.16. The summed E-state index contributed by atoms with van der Waals surface area (Å²) >= 11 is 6.11. The number of cyclic esters (lactones) is 1. The molecule has 9 heteroatoms. The van der Waals surface area contributed by atoms with Crippen molar-refractivity contribution in [2.24, 2.45) is 0 Å². The van der Waals surface area contributed by atoms with Gasteiger partial charge in [0.1, 0.15) is 11.4 Å². The quantitative estimate of drug-likeness (QED) is 0.611. The molecule has 0 N–H and O–H groups in total. The minimum atomic E-state index is -0.495. The zero-order valence-electron chi connectivity index (χ0n) is 16.0. The van der Waals surface area contributed by atoms with Gasteiger partial charge in [0.25, 0.3) is 0 Å². The van der Waals surface area contributed by atoms with Crippen molar-refractivity contribution < 1.29 is 19.1 Å². The Balaban J connectivity index is 1.65. The van der Waals surface area contributed by atoms with Crippen molar-refractivity contribution in [3.8, 4) is 16.9 Å². The van der Waals surface area contributed by atoms with Gasteiger partial charge in [-0.2, -0.15) is 10.2 Å². The van der Waals surface area contributed by atoms with E-state index in [9.17, 15) is 9.59 Å². The number of benzene rings is 1. The molecule has 1 aliphatic rings. The number of aromatic nitrogens is 4. The highest BCUT2D eigenvalue weighted by Crippen LogP contribution is 2.28. The van der Waals surface area contributed by atoms with Gasteiger partial charge in [0.05, 0.1) is 25.6 Å². The van der Waals surface area contributed by atoms with Crippen LogP contribution in [-0.2, 0) is 27.6 Å². The van der Waals surface area contributed by atoms with Crippen molar-refractivity contribution >= 4 is 23.5 Å². The minimum absolute atomic E-state index is 0.0165. The normalized spacial score (nSPS) is 14.4. The summed E-state index contributed by atoms with van der Waals surface area (Å²) in [6.07, 6.45) is 3.59. The molecule has 0 spiro atoms. The number of rotatable bonds is 3. The molecule has 3 aromatic rings. The first kappa shape index (κ1) is 19.2. The van der Waals surface area contributed by atoms with Gasteiger partial charge in [0.2, 0.25) is 0 Å². The molecule has 0 fully saturated rings. The number of nitrogens with zero attached hydrogens (tertiary/aromatic N) is 4. The van der Waals surface area contributed by atoms with Crippen molar-refractivity contribution in [1.29, 1.82) is 0 Å². The van der Waals surface area contributed by atoms with Crippen LogP contribution in [0.2, 0.25) is 5.02 Å². The number of aryl methyl sites for hydroxylation is 2. The molecule has 0 unspecified atom stereocenters. The predicted molar refractivity (Wildman–Crippen MR) is 104 cm³/mol. The van der Waals surface area contributed by atoms with Crippen LogP contribution < -0.4 is 4.74 Å². The van der Waals surface area contributed by atoms with Crippen LogP contribution in [0.15, 0.2) is 30.6 Å². The summed E-state index contributed by atoms with van der Waals surface area (Å²) in [6, 6.07) is 5.78. The van der Waals surface area contributed by atoms with Crippen molar-refractivity contribution in [2.45, 2.75) is 40.0 Å². The Morgan fingerprint density at radius 1 is 1.14 bits per heavy atom. The molecule has 4 rings (SSSR count). The van der Waals surface area contributed by atoms with Crippen LogP contribution in [0.1, 0.15) is 29.8 Å². The molecule has 2 aromatic heterocycles.